The second-order valence-corrected chi connectivity index (χ2v) is 6.36. The Morgan fingerprint density at radius 3 is 2.11 bits per heavy atom. The number of carbonyl (C=O) groups is 1. The van der Waals surface area contributed by atoms with Crippen molar-refractivity contribution in [2.24, 2.45) is 0 Å². The van der Waals surface area contributed by atoms with Crippen LogP contribution in [0.2, 0.25) is 0 Å². The van der Waals surface area contributed by atoms with Crippen LogP contribution >= 0.6 is 0 Å². The summed E-state index contributed by atoms with van der Waals surface area (Å²) in [5.41, 5.74) is -5.79. The third kappa shape index (κ3) is 2.88. The van der Waals surface area contributed by atoms with Gasteiger partial charge in [0.25, 0.3) is 10.0 Å². The summed E-state index contributed by atoms with van der Waals surface area (Å²) in [4.78, 5) is 10.2. The quantitative estimate of drug-likeness (QED) is 0.797. The Kier molecular flexibility index (Phi) is 3.56. The molecule has 0 amide bonds. The minimum atomic E-state index is -6.09. The van der Waals surface area contributed by atoms with Crippen LogP contribution in [0, 0.1) is 0 Å². The summed E-state index contributed by atoms with van der Waals surface area (Å²) in [5.74, 6) is -0.486. The summed E-state index contributed by atoms with van der Waals surface area (Å²) in [6.45, 7) is 0. The van der Waals surface area contributed by atoms with Gasteiger partial charge in [0.15, 0.2) is 12.0 Å². The highest BCUT2D eigenvalue weighted by Gasteiger charge is 2.48. The van der Waals surface area contributed by atoms with E-state index < -0.39 is 36.4 Å². The number of halogens is 3. The van der Waals surface area contributed by atoms with E-state index in [2.05, 4.69) is 4.42 Å². The van der Waals surface area contributed by atoms with Gasteiger partial charge in [-0.2, -0.15) is 13.2 Å². The minimum Gasteiger partial charge on any atom is -0.440 e. The van der Waals surface area contributed by atoms with E-state index in [0.29, 0.717) is 10.2 Å². The Morgan fingerprint density at radius 1 is 1.17 bits per heavy atom. The number of hydrogen-bond acceptors (Lipinski definition) is 6. The lowest BCUT2D eigenvalue weighted by molar-refractivity contribution is -0.0441. The molecule has 0 saturated heterocycles. The van der Waals surface area contributed by atoms with Crippen LogP contribution in [0.4, 0.5) is 13.2 Å². The fourth-order valence-corrected chi connectivity index (χ4v) is 3.09. The van der Waals surface area contributed by atoms with Crippen molar-refractivity contribution in [2.45, 2.75) is 10.6 Å². The van der Waals surface area contributed by atoms with Crippen molar-refractivity contribution in [2.75, 3.05) is 0 Å². The monoisotopic (exact) mass is 307 g/mol. The molecule has 1 aromatic rings. The highest BCUT2D eigenvalue weighted by molar-refractivity contribution is 8.05. The van der Waals surface area contributed by atoms with Gasteiger partial charge in [0.1, 0.15) is 0 Å². The molecule has 0 saturated carbocycles. The van der Waals surface area contributed by atoms with Crippen molar-refractivity contribution in [1.82, 2.24) is 4.13 Å². The molecule has 0 bridgehead atoms. The molecule has 0 aliphatic rings. The molecule has 0 fully saturated rings. The Morgan fingerprint density at radius 2 is 1.72 bits per heavy atom. The second-order valence-electron chi connectivity index (χ2n) is 2.81. The van der Waals surface area contributed by atoms with Crippen molar-refractivity contribution in [3.63, 3.8) is 0 Å². The van der Waals surface area contributed by atoms with Gasteiger partial charge in [-0.3, -0.25) is 4.79 Å². The molecule has 0 atom stereocenters. The predicted molar refractivity (Wildman–Crippen MR) is 49.4 cm³/mol. The molecule has 7 nitrogen and oxygen atoms in total. The maximum Gasteiger partial charge on any atom is 0.512 e. The van der Waals surface area contributed by atoms with Crippen LogP contribution in [0.5, 0.6) is 0 Å². The van der Waals surface area contributed by atoms with E-state index in [1.54, 1.807) is 0 Å². The summed E-state index contributed by atoms with van der Waals surface area (Å²) in [6, 6.07) is 1.49. The molecule has 0 aromatic carbocycles. The fourth-order valence-electron chi connectivity index (χ4n) is 0.775. The summed E-state index contributed by atoms with van der Waals surface area (Å²) in [6.07, 6.45) is 0.0945. The Labute approximate surface area is 98.7 Å². The molecular formula is C6H4F3NO6S2. The zero-order valence-corrected chi connectivity index (χ0v) is 9.76. The van der Waals surface area contributed by atoms with Gasteiger partial charge >= 0.3 is 15.5 Å². The number of alkyl halides is 3. The van der Waals surface area contributed by atoms with Crippen LogP contribution in [0.3, 0.4) is 0 Å². The van der Waals surface area contributed by atoms with E-state index in [4.69, 9.17) is 0 Å². The summed E-state index contributed by atoms with van der Waals surface area (Å²) in [7, 11) is -11.2. The van der Waals surface area contributed by atoms with Crippen molar-refractivity contribution in [1.29, 1.82) is 0 Å². The normalized spacial score (nSPS) is 13.5. The lowest BCUT2D eigenvalue weighted by atomic mass is 10.5. The van der Waals surface area contributed by atoms with E-state index in [0.717, 1.165) is 6.07 Å². The van der Waals surface area contributed by atoms with Gasteiger partial charge in [-0.25, -0.2) is 16.8 Å². The van der Waals surface area contributed by atoms with Crippen molar-refractivity contribution in [3.05, 3.63) is 17.9 Å². The minimum absolute atomic E-state index is 0.0945. The highest BCUT2D eigenvalue weighted by atomic mass is 32.3. The second kappa shape index (κ2) is 4.37. The summed E-state index contributed by atoms with van der Waals surface area (Å²) < 4.78 is 84.2. The first-order valence-electron chi connectivity index (χ1n) is 3.89. The number of aldehydes is 1. The van der Waals surface area contributed by atoms with E-state index >= 15 is 0 Å². The zero-order valence-electron chi connectivity index (χ0n) is 8.13. The van der Waals surface area contributed by atoms with Gasteiger partial charge in [0.05, 0.1) is 0 Å². The van der Waals surface area contributed by atoms with Crippen LogP contribution in [-0.4, -0.2) is 28.6 Å². The van der Waals surface area contributed by atoms with Gasteiger partial charge in [-0.15, -0.1) is 0 Å². The first kappa shape index (κ1) is 14.7. The SMILES string of the molecule is O=Cc1ccc(S(=O)(=O)NS(=O)(=O)C(F)(F)F)o1. The molecule has 1 heterocycles. The van der Waals surface area contributed by atoms with Crippen LogP contribution in [0.1, 0.15) is 10.6 Å². The molecule has 0 radical (unpaired) electrons. The Balaban J connectivity index is 3.14. The first-order chi connectivity index (χ1) is 7.99. The molecule has 18 heavy (non-hydrogen) atoms. The predicted octanol–water partition coefficient (Wildman–Crippen LogP) is 0.220. The van der Waals surface area contributed by atoms with Gasteiger partial charge in [-0.1, -0.05) is 4.13 Å². The molecular weight excluding hydrogens is 303 g/mol. The standard InChI is InChI=1S/C6H4F3NO6S2/c7-6(8,9)18(14,15)10-17(12,13)5-2-1-4(3-11)16-5/h1-3,10H. The summed E-state index contributed by atoms with van der Waals surface area (Å²) in [5, 5.41) is -1.13. The Bertz CT molecular complexity index is 656. The number of nitrogens with one attached hydrogen (secondary N) is 1. The lowest BCUT2D eigenvalue weighted by Gasteiger charge is -2.08. The average molecular weight is 307 g/mol. The average Bonchev–Trinajstić information content (AvgIpc) is 2.62. The zero-order chi connectivity index (χ0) is 14.2. The topological polar surface area (TPSA) is 111 Å². The van der Waals surface area contributed by atoms with Crippen LogP contribution in [0.25, 0.3) is 0 Å². The fraction of sp³-hybridized carbons (Fsp3) is 0.167. The number of hydrogen-bond donors (Lipinski definition) is 1. The summed E-state index contributed by atoms with van der Waals surface area (Å²) >= 11 is 0. The van der Waals surface area contributed by atoms with Gasteiger partial charge < -0.3 is 4.42 Å². The molecule has 1 aromatic heterocycles. The third-order valence-corrected chi connectivity index (χ3v) is 4.62. The van der Waals surface area contributed by atoms with E-state index in [9.17, 15) is 34.8 Å². The van der Waals surface area contributed by atoms with E-state index in [1.165, 1.54) is 0 Å². The van der Waals surface area contributed by atoms with Crippen LogP contribution in [0.15, 0.2) is 21.6 Å². The molecule has 0 aliphatic carbocycles. The van der Waals surface area contributed by atoms with Crippen molar-refractivity contribution >= 4 is 26.3 Å². The molecule has 1 rings (SSSR count). The number of carbonyl (C=O) groups excluding carboxylic acids is 1. The highest BCUT2D eigenvalue weighted by Crippen LogP contribution is 2.23. The van der Waals surface area contributed by atoms with Crippen molar-refractivity contribution in [3.8, 4) is 0 Å². The van der Waals surface area contributed by atoms with Gasteiger partial charge in [0, 0.05) is 0 Å². The molecule has 12 heteroatoms. The smallest absolute Gasteiger partial charge is 0.440 e. The van der Waals surface area contributed by atoms with Gasteiger partial charge in [-0.05, 0) is 12.1 Å². The molecule has 0 spiro atoms. The lowest BCUT2D eigenvalue weighted by Crippen LogP contribution is -2.40. The molecule has 1 N–H and O–H groups in total. The maximum atomic E-state index is 11.9. The molecule has 102 valence electrons. The number of furan rings is 1. The first-order valence-corrected chi connectivity index (χ1v) is 6.86. The maximum absolute atomic E-state index is 11.9. The molecule has 0 aliphatic heterocycles. The molecule has 0 unspecified atom stereocenters. The van der Waals surface area contributed by atoms with Gasteiger partial charge in [0.2, 0.25) is 5.09 Å². The third-order valence-electron chi connectivity index (χ3n) is 1.51. The number of rotatable bonds is 4. The van der Waals surface area contributed by atoms with Crippen molar-refractivity contribution < 1.29 is 39.2 Å². The Hall–Kier alpha value is -1.40. The van der Waals surface area contributed by atoms with Crippen LogP contribution < -0.4 is 4.13 Å². The van der Waals surface area contributed by atoms with E-state index in [1.807, 2.05) is 0 Å². The van der Waals surface area contributed by atoms with E-state index in [-0.39, 0.29) is 6.29 Å². The van der Waals surface area contributed by atoms with Crippen LogP contribution in [-0.2, 0) is 20.0 Å². The largest absolute Gasteiger partial charge is 0.512 e. The number of sulfonamides is 2.